The van der Waals surface area contributed by atoms with Crippen molar-refractivity contribution in [3.8, 4) is 0 Å². The number of carbonyl (C=O) groups is 2. The maximum absolute atomic E-state index is 11.8. The van der Waals surface area contributed by atoms with Crippen LogP contribution in [0.25, 0.3) is 5.57 Å². The summed E-state index contributed by atoms with van der Waals surface area (Å²) in [6.07, 6.45) is 8.75. The van der Waals surface area contributed by atoms with E-state index in [0.29, 0.717) is 28.2 Å². The fourth-order valence-corrected chi connectivity index (χ4v) is 3.45. The predicted molar refractivity (Wildman–Crippen MR) is 95.2 cm³/mol. The quantitative estimate of drug-likeness (QED) is 0.708. The lowest BCUT2D eigenvalue weighted by atomic mass is 9.77. The highest BCUT2D eigenvalue weighted by atomic mass is 16.5. The van der Waals surface area contributed by atoms with Crippen LogP contribution in [0.5, 0.6) is 0 Å². The Labute approximate surface area is 148 Å². The second-order valence-corrected chi connectivity index (χ2v) is 6.24. The van der Waals surface area contributed by atoms with Crippen molar-refractivity contribution in [2.24, 2.45) is 5.92 Å². The number of ether oxygens (including phenoxy) is 1. The second-order valence-electron chi connectivity index (χ2n) is 6.24. The molecule has 0 fully saturated rings. The van der Waals surface area contributed by atoms with Crippen molar-refractivity contribution in [2.45, 2.75) is 6.10 Å². The maximum atomic E-state index is 11.8. The molecule has 4 N–H and O–H groups in total. The van der Waals surface area contributed by atoms with Crippen LogP contribution in [-0.2, 0) is 9.53 Å². The minimum Gasteiger partial charge on any atom is -0.508 e. The van der Waals surface area contributed by atoms with Gasteiger partial charge in [0.25, 0.3) is 0 Å². The van der Waals surface area contributed by atoms with E-state index < -0.39 is 12.1 Å². The van der Waals surface area contributed by atoms with Gasteiger partial charge in [-0.3, -0.25) is 4.79 Å². The molecule has 0 radical (unpaired) electrons. The SMILES string of the molecule is Nc1ccc(C2=C3C=CC(=O)C=C3OC3C=C(O)C=CC23)c(C(=O)O)c1. The van der Waals surface area contributed by atoms with Gasteiger partial charge in [-0.05, 0) is 47.6 Å². The molecule has 0 saturated carbocycles. The summed E-state index contributed by atoms with van der Waals surface area (Å²) >= 11 is 0. The third-order valence-corrected chi connectivity index (χ3v) is 4.57. The van der Waals surface area contributed by atoms with Gasteiger partial charge in [0.15, 0.2) is 5.78 Å². The van der Waals surface area contributed by atoms with E-state index in [4.69, 9.17) is 10.5 Å². The van der Waals surface area contributed by atoms with Crippen LogP contribution in [-0.4, -0.2) is 28.1 Å². The topological polar surface area (TPSA) is 110 Å². The lowest BCUT2D eigenvalue weighted by Crippen LogP contribution is -2.31. The van der Waals surface area contributed by atoms with E-state index in [1.54, 1.807) is 36.4 Å². The van der Waals surface area contributed by atoms with Gasteiger partial charge in [-0.25, -0.2) is 4.79 Å². The Morgan fingerprint density at radius 1 is 1.19 bits per heavy atom. The summed E-state index contributed by atoms with van der Waals surface area (Å²) in [5.41, 5.74) is 8.06. The maximum Gasteiger partial charge on any atom is 0.336 e. The van der Waals surface area contributed by atoms with Crippen LogP contribution in [0, 0.1) is 5.92 Å². The molecule has 0 amide bonds. The number of aromatic carboxylic acids is 1. The van der Waals surface area contributed by atoms with Crippen molar-refractivity contribution in [3.63, 3.8) is 0 Å². The third-order valence-electron chi connectivity index (χ3n) is 4.57. The first-order chi connectivity index (χ1) is 12.4. The number of fused-ring (bicyclic) bond motifs is 2. The number of carboxylic acid groups (broad SMARTS) is 1. The van der Waals surface area contributed by atoms with Gasteiger partial charge in [0.05, 0.1) is 5.56 Å². The van der Waals surface area contributed by atoms with Crippen molar-refractivity contribution in [2.75, 3.05) is 5.73 Å². The number of hydrogen-bond donors (Lipinski definition) is 3. The lowest BCUT2D eigenvalue weighted by Gasteiger charge is -2.36. The standard InChI is InChI=1S/C20H15NO5/c21-10-1-4-13(16(7-10)20(24)25)19-14-5-2-11(22)8-17(14)26-18-9-12(23)3-6-15(18)19/h1-9,14,17,22H,21H2,(H,24,25). The van der Waals surface area contributed by atoms with E-state index in [-0.39, 0.29) is 23.0 Å². The largest absolute Gasteiger partial charge is 0.508 e. The average molecular weight is 349 g/mol. The number of anilines is 1. The molecule has 1 aliphatic heterocycles. The highest BCUT2D eigenvalue weighted by molar-refractivity contribution is 6.04. The van der Waals surface area contributed by atoms with Gasteiger partial charge in [0.1, 0.15) is 17.6 Å². The Kier molecular flexibility index (Phi) is 3.54. The molecule has 2 unspecified atom stereocenters. The average Bonchev–Trinajstić information content (AvgIpc) is 2.59. The number of hydrogen-bond acceptors (Lipinski definition) is 5. The summed E-state index contributed by atoms with van der Waals surface area (Å²) in [6, 6.07) is 4.72. The second kappa shape index (κ2) is 5.77. The minimum absolute atomic E-state index is 0.0584. The number of ketones is 1. The van der Waals surface area contributed by atoms with Crippen molar-refractivity contribution >= 4 is 23.0 Å². The van der Waals surface area contributed by atoms with E-state index in [1.807, 2.05) is 0 Å². The van der Waals surface area contributed by atoms with Crippen molar-refractivity contribution in [1.82, 2.24) is 0 Å². The summed E-state index contributed by atoms with van der Waals surface area (Å²) in [5, 5.41) is 19.4. The van der Waals surface area contributed by atoms with Crippen LogP contribution in [0.3, 0.4) is 0 Å². The van der Waals surface area contributed by atoms with Crippen molar-refractivity contribution in [1.29, 1.82) is 0 Å². The number of aliphatic hydroxyl groups excluding tert-OH is 1. The number of carboxylic acids is 1. The van der Waals surface area contributed by atoms with Crippen LogP contribution < -0.4 is 5.73 Å². The minimum atomic E-state index is -1.09. The van der Waals surface area contributed by atoms with Crippen LogP contribution >= 0.6 is 0 Å². The lowest BCUT2D eigenvalue weighted by molar-refractivity contribution is -0.110. The number of aliphatic hydroxyl groups is 1. The highest BCUT2D eigenvalue weighted by Crippen LogP contribution is 2.44. The number of benzene rings is 1. The monoisotopic (exact) mass is 349 g/mol. The van der Waals surface area contributed by atoms with Gasteiger partial charge < -0.3 is 20.7 Å². The molecule has 0 spiro atoms. The van der Waals surface area contributed by atoms with Crippen LogP contribution in [0.15, 0.2) is 71.7 Å². The molecule has 0 aromatic heterocycles. The number of rotatable bonds is 2. The molecule has 0 bridgehead atoms. The molecule has 1 heterocycles. The first-order valence-corrected chi connectivity index (χ1v) is 8.01. The van der Waals surface area contributed by atoms with Gasteiger partial charge in [0, 0.05) is 23.3 Å². The Hall–Kier alpha value is -3.54. The summed E-state index contributed by atoms with van der Waals surface area (Å²) in [7, 11) is 0. The zero-order valence-electron chi connectivity index (χ0n) is 13.5. The van der Waals surface area contributed by atoms with E-state index in [9.17, 15) is 19.8 Å². The van der Waals surface area contributed by atoms with Crippen molar-refractivity contribution < 1.29 is 24.5 Å². The molecule has 4 rings (SSSR count). The number of nitrogen functional groups attached to an aromatic ring is 1. The Morgan fingerprint density at radius 3 is 2.77 bits per heavy atom. The summed E-state index contributed by atoms with van der Waals surface area (Å²) in [4.78, 5) is 23.5. The molecule has 26 heavy (non-hydrogen) atoms. The van der Waals surface area contributed by atoms with E-state index >= 15 is 0 Å². The molecule has 0 saturated heterocycles. The van der Waals surface area contributed by atoms with Gasteiger partial charge in [0.2, 0.25) is 0 Å². The normalized spacial score (nSPS) is 23.6. The van der Waals surface area contributed by atoms with Gasteiger partial charge in [-0.15, -0.1) is 0 Å². The zero-order chi connectivity index (χ0) is 18.4. The fraction of sp³-hybridized carbons (Fsp3) is 0.100. The van der Waals surface area contributed by atoms with Gasteiger partial charge in [-0.1, -0.05) is 12.1 Å². The van der Waals surface area contributed by atoms with E-state index in [2.05, 4.69) is 0 Å². The van der Waals surface area contributed by atoms with Gasteiger partial charge in [-0.2, -0.15) is 0 Å². The van der Waals surface area contributed by atoms with E-state index in [1.165, 1.54) is 18.2 Å². The predicted octanol–water partition coefficient (Wildman–Crippen LogP) is 2.77. The molecular formula is C20H15NO5. The van der Waals surface area contributed by atoms with Crippen LogP contribution in [0.2, 0.25) is 0 Å². The Bertz CT molecular complexity index is 993. The first-order valence-electron chi connectivity index (χ1n) is 8.01. The smallest absolute Gasteiger partial charge is 0.336 e. The first kappa shape index (κ1) is 16.0. The molecule has 2 aliphatic carbocycles. The highest BCUT2D eigenvalue weighted by Gasteiger charge is 2.37. The van der Waals surface area contributed by atoms with Crippen LogP contribution in [0.4, 0.5) is 5.69 Å². The molecular weight excluding hydrogens is 334 g/mol. The summed E-state index contributed by atoms with van der Waals surface area (Å²) < 4.78 is 5.88. The van der Waals surface area contributed by atoms with Gasteiger partial charge >= 0.3 is 5.97 Å². The molecule has 3 aliphatic rings. The molecule has 6 nitrogen and oxygen atoms in total. The fourth-order valence-electron chi connectivity index (χ4n) is 3.45. The van der Waals surface area contributed by atoms with Crippen LogP contribution in [0.1, 0.15) is 15.9 Å². The molecule has 6 heteroatoms. The molecule has 1 aromatic carbocycles. The number of allylic oxidation sites excluding steroid dienone is 4. The Morgan fingerprint density at radius 2 is 2.00 bits per heavy atom. The molecule has 1 aromatic rings. The summed E-state index contributed by atoms with van der Waals surface area (Å²) in [5.74, 6) is -1.19. The molecule has 130 valence electrons. The zero-order valence-corrected chi connectivity index (χ0v) is 13.5. The number of carbonyl (C=O) groups excluding carboxylic acids is 1. The van der Waals surface area contributed by atoms with Crippen molar-refractivity contribution in [3.05, 3.63) is 82.9 Å². The third kappa shape index (κ3) is 2.52. The van der Waals surface area contributed by atoms with E-state index in [0.717, 1.165) is 0 Å². The Balaban J connectivity index is 1.99. The summed E-state index contributed by atoms with van der Waals surface area (Å²) in [6.45, 7) is 0. The molecule has 2 atom stereocenters. The number of nitrogens with two attached hydrogens (primary N) is 1.